The molecule has 4 aromatic carbocycles. The van der Waals surface area contributed by atoms with Gasteiger partial charge in [0.25, 0.3) is 0 Å². The fourth-order valence-electron chi connectivity index (χ4n) is 4.35. The van der Waals surface area contributed by atoms with E-state index in [0.29, 0.717) is 11.1 Å². The molecule has 1 atom stereocenters. The van der Waals surface area contributed by atoms with Gasteiger partial charge in [-0.25, -0.2) is 4.79 Å². The Morgan fingerprint density at radius 3 is 1.72 bits per heavy atom. The normalized spacial score (nSPS) is 12.7. The number of esters is 1. The van der Waals surface area contributed by atoms with Gasteiger partial charge in [0.2, 0.25) is 0 Å². The Balaban J connectivity index is 1.79. The molecule has 0 fully saturated rings. The fraction of sp³-hybridized carbons (Fsp3) is 0.219. The number of rotatable bonds is 7. The van der Waals surface area contributed by atoms with Crippen molar-refractivity contribution >= 4 is 5.97 Å². The summed E-state index contributed by atoms with van der Waals surface area (Å²) < 4.78 is 12.5. The van der Waals surface area contributed by atoms with E-state index in [1.165, 1.54) is 0 Å². The van der Waals surface area contributed by atoms with Gasteiger partial charge in [-0.15, -0.1) is 0 Å². The monoisotopic (exact) mass is 480 g/mol. The topological polar surface area (TPSA) is 55.8 Å². The van der Waals surface area contributed by atoms with Crippen LogP contribution in [0, 0.1) is 0 Å². The molecule has 1 unspecified atom stereocenters. The molecule has 4 heteroatoms. The molecule has 0 spiro atoms. The van der Waals surface area contributed by atoms with Crippen LogP contribution in [0.15, 0.2) is 109 Å². The lowest BCUT2D eigenvalue weighted by molar-refractivity contribution is -0.0413. The van der Waals surface area contributed by atoms with Crippen LogP contribution in [0.3, 0.4) is 0 Å². The second-order valence-corrected chi connectivity index (χ2v) is 9.81. The number of aromatic hydroxyl groups is 1. The molecule has 4 nitrogen and oxygen atoms in total. The minimum Gasteiger partial charge on any atom is -0.508 e. The molecule has 36 heavy (non-hydrogen) atoms. The lowest BCUT2D eigenvalue weighted by atomic mass is 9.79. The number of hydrogen-bond acceptors (Lipinski definition) is 4. The first-order valence-corrected chi connectivity index (χ1v) is 12.1. The van der Waals surface area contributed by atoms with Gasteiger partial charge in [0, 0.05) is 5.56 Å². The number of phenols is 1. The van der Waals surface area contributed by atoms with Crippen molar-refractivity contribution in [2.45, 2.75) is 45.0 Å². The van der Waals surface area contributed by atoms with E-state index < -0.39 is 11.2 Å². The Morgan fingerprint density at radius 1 is 0.722 bits per heavy atom. The molecular formula is C32H32O4. The van der Waals surface area contributed by atoms with Crippen LogP contribution in [0.4, 0.5) is 0 Å². The van der Waals surface area contributed by atoms with Crippen LogP contribution in [0.2, 0.25) is 0 Å². The lowest BCUT2D eigenvalue weighted by Gasteiger charge is -2.38. The molecule has 4 rings (SSSR count). The molecule has 184 valence electrons. The van der Waals surface area contributed by atoms with E-state index in [9.17, 15) is 9.90 Å². The van der Waals surface area contributed by atoms with Crippen molar-refractivity contribution < 1.29 is 19.4 Å². The van der Waals surface area contributed by atoms with Crippen LogP contribution in [-0.2, 0) is 15.1 Å². The van der Waals surface area contributed by atoms with E-state index in [1.54, 1.807) is 24.3 Å². The quantitative estimate of drug-likeness (QED) is 0.221. The highest BCUT2D eigenvalue weighted by Gasteiger charge is 2.41. The average molecular weight is 481 g/mol. The first-order valence-electron chi connectivity index (χ1n) is 12.1. The average Bonchev–Trinajstić information content (AvgIpc) is 2.88. The minimum absolute atomic E-state index is 0.151. The highest BCUT2D eigenvalue weighted by Crippen LogP contribution is 2.46. The fourth-order valence-corrected chi connectivity index (χ4v) is 4.35. The molecule has 0 heterocycles. The summed E-state index contributed by atoms with van der Waals surface area (Å²) in [7, 11) is 0. The van der Waals surface area contributed by atoms with E-state index in [1.807, 2.05) is 113 Å². The summed E-state index contributed by atoms with van der Waals surface area (Å²) in [5, 5.41) is 11.0. The number of ether oxygens (including phenoxy) is 2. The molecule has 0 aliphatic heterocycles. The van der Waals surface area contributed by atoms with Gasteiger partial charge in [-0.05, 0) is 62.6 Å². The molecule has 0 bridgehead atoms. The van der Waals surface area contributed by atoms with E-state index >= 15 is 0 Å². The molecule has 0 saturated carbocycles. The third kappa shape index (κ3) is 5.34. The van der Waals surface area contributed by atoms with E-state index in [2.05, 4.69) is 0 Å². The summed E-state index contributed by atoms with van der Waals surface area (Å²) in [4.78, 5) is 12.5. The van der Waals surface area contributed by atoms with Gasteiger partial charge in [-0.3, -0.25) is 0 Å². The first-order chi connectivity index (χ1) is 17.2. The van der Waals surface area contributed by atoms with Crippen molar-refractivity contribution in [3.05, 3.63) is 137 Å². The van der Waals surface area contributed by atoms with Gasteiger partial charge in [0.1, 0.15) is 17.0 Å². The van der Waals surface area contributed by atoms with Crippen LogP contribution in [0.1, 0.15) is 66.4 Å². The number of carbonyl (C=O) groups is 1. The summed E-state index contributed by atoms with van der Waals surface area (Å²) in [6.07, 6.45) is -0.377. The Bertz CT molecular complexity index is 1250. The van der Waals surface area contributed by atoms with E-state index in [4.69, 9.17) is 9.47 Å². The molecule has 0 aromatic heterocycles. The maximum absolute atomic E-state index is 12.5. The van der Waals surface area contributed by atoms with Gasteiger partial charge < -0.3 is 14.6 Å². The molecule has 4 aromatic rings. The summed E-state index contributed by atoms with van der Waals surface area (Å²) >= 11 is 0. The molecule has 0 aliphatic rings. The Kier molecular flexibility index (Phi) is 7.27. The number of benzene rings is 4. The number of carbonyl (C=O) groups excluding carboxylic acids is 1. The van der Waals surface area contributed by atoms with Gasteiger partial charge >= 0.3 is 5.97 Å². The highest BCUT2D eigenvalue weighted by atomic mass is 16.6. The summed E-state index contributed by atoms with van der Waals surface area (Å²) in [6, 6.07) is 34.4. The molecule has 0 amide bonds. The van der Waals surface area contributed by atoms with Crippen molar-refractivity contribution in [2.24, 2.45) is 0 Å². The van der Waals surface area contributed by atoms with Crippen molar-refractivity contribution in [2.75, 3.05) is 0 Å². The van der Waals surface area contributed by atoms with Crippen LogP contribution < -0.4 is 0 Å². The standard InChI is InChI=1S/C32H32O4/c1-23(24-19-21-25(22-20-24)30(34)36-31(2,3)4)35-32(26-13-7-5-8-14-26,27-15-9-6-10-16-27)28-17-11-12-18-29(28)33/h5-23,33H,1-4H3. The van der Waals surface area contributed by atoms with Crippen molar-refractivity contribution in [1.82, 2.24) is 0 Å². The van der Waals surface area contributed by atoms with Gasteiger partial charge in [0.05, 0.1) is 11.7 Å². The van der Waals surface area contributed by atoms with Crippen LogP contribution in [0.25, 0.3) is 0 Å². The van der Waals surface area contributed by atoms with Crippen LogP contribution in [-0.4, -0.2) is 16.7 Å². The lowest BCUT2D eigenvalue weighted by Crippen LogP contribution is -2.34. The predicted octanol–water partition coefficient (Wildman–Crippen LogP) is 7.42. The zero-order valence-electron chi connectivity index (χ0n) is 21.1. The van der Waals surface area contributed by atoms with Crippen molar-refractivity contribution in [3.8, 4) is 5.75 Å². The third-order valence-electron chi connectivity index (χ3n) is 6.01. The molecule has 0 saturated heterocycles. The zero-order chi connectivity index (χ0) is 25.8. The summed E-state index contributed by atoms with van der Waals surface area (Å²) in [6.45, 7) is 7.52. The first kappa shape index (κ1) is 25.2. The highest BCUT2D eigenvalue weighted by molar-refractivity contribution is 5.89. The van der Waals surface area contributed by atoms with Crippen molar-refractivity contribution in [1.29, 1.82) is 0 Å². The largest absolute Gasteiger partial charge is 0.508 e. The third-order valence-corrected chi connectivity index (χ3v) is 6.01. The molecule has 0 radical (unpaired) electrons. The Labute approximate surface area is 213 Å². The van der Waals surface area contributed by atoms with Gasteiger partial charge in [-0.1, -0.05) is 91.0 Å². The van der Waals surface area contributed by atoms with Crippen LogP contribution >= 0.6 is 0 Å². The number of hydrogen-bond donors (Lipinski definition) is 1. The van der Waals surface area contributed by atoms with Gasteiger partial charge in [0.15, 0.2) is 0 Å². The summed E-state index contributed by atoms with van der Waals surface area (Å²) in [5.74, 6) is -0.211. The van der Waals surface area contributed by atoms with E-state index in [0.717, 1.165) is 16.7 Å². The SMILES string of the molecule is CC(OC(c1ccccc1)(c1ccccc1)c1ccccc1O)c1ccc(C(=O)OC(C)(C)C)cc1. The molecule has 1 N–H and O–H groups in total. The maximum Gasteiger partial charge on any atom is 0.338 e. The number of phenolic OH excluding ortho intramolecular Hbond substituents is 1. The Hall–Kier alpha value is -3.89. The zero-order valence-corrected chi connectivity index (χ0v) is 21.1. The van der Waals surface area contributed by atoms with Crippen LogP contribution in [0.5, 0.6) is 5.75 Å². The molecule has 0 aliphatic carbocycles. The smallest absolute Gasteiger partial charge is 0.338 e. The molecular weight excluding hydrogens is 448 g/mol. The summed E-state index contributed by atoms with van der Waals surface area (Å²) in [5.41, 5.74) is 2.20. The van der Waals surface area contributed by atoms with Gasteiger partial charge in [-0.2, -0.15) is 0 Å². The Morgan fingerprint density at radius 2 is 1.22 bits per heavy atom. The predicted molar refractivity (Wildman–Crippen MR) is 142 cm³/mol. The number of para-hydroxylation sites is 1. The maximum atomic E-state index is 12.5. The van der Waals surface area contributed by atoms with E-state index in [-0.39, 0.29) is 17.8 Å². The second-order valence-electron chi connectivity index (χ2n) is 9.81. The second kappa shape index (κ2) is 10.4. The van der Waals surface area contributed by atoms with Crippen molar-refractivity contribution in [3.63, 3.8) is 0 Å². The minimum atomic E-state index is -1.07.